The normalized spacial score (nSPS) is 28.5. The van der Waals surface area contributed by atoms with E-state index >= 15 is 0 Å². The van der Waals surface area contributed by atoms with Crippen LogP contribution in [0.3, 0.4) is 0 Å². The Morgan fingerprint density at radius 1 is 0.696 bits per heavy atom. The molecule has 2 heteroatoms. The fraction of sp³-hybridized carbons (Fsp3) is 0.857. The van der Waals surface area contributed by atoms with Gasteiger partial charge in [-0.2, -0.15) is 5.10 Å². The average Bonchev–Trinajstić information content (AvgIpc) is 2.64. The van der Waals surface area contributed by atoms with Crippen molar-refractivity contribution in [2.24, 2.45) is 5.10 Å². The molecule has 2 aliphatic rings. The van der Waals surface area contributed by atoms with Crippen LogP contribution in [0, 0.1) is 0 Å². The summed E-state index contributed by atoms with van der Waals surface area (Å²) in [5.74, 6) is 0. The maximum atomic E-state index is 5.03. The minimum absolute atomic E-state index is 1.12. The molecule has 0 aromatic rings. The van der Waals surface area contributed by atoms with Crippen molar-refractivity contribution in [2.45, 2.75) is 103 Å². The van der Waals surface area contributed by atoms with Crippen LogP contribution in [-0.2, 0) is 0 Å². The molecule has 0 aromatic heterocycles. The first-order chi connectivity index (χ1) is 11.4. The van der Waals surface area contributed by atoms with E-state index in [0.717, 1.165) is 6.54 Å². The van der Waals surface area contributed by atoms with Gasteiger partial charge in [0.25, 0.3) is 0 Å². The fourth-order valence-corrected chi connectivity index (χ4v) is 3.86. The van der Waals surface area contributed by atoms with Crippen LogP contribution in [0.4, 0.5) is 0 Å². The molecule has 0 saturated heterocycles. The molecule has 1 aliphatic carbocycles. The van der Waals surface area contributed by atoms with Crippen LogP contribution in [0.15, 0.2) is 16.8 Å². The number of hydrogen-bond acceptors (Lipinski definition) is 2. The second-order valence-corrected chi connectivity index (χ2v) is 7.54. The summed E-state index contributed by atoms with van der Waals surface area (Å²) in [7, 11) is 2.17. The van der Waals surface area contributed by atoms with Crippen molar-refractivity contribution in [3.63, 3.8) is 0 Å². The summed E-state index contributed by atoms with van der Waals surface area (Å²) in [4.78, 5) is 0. The number of hydrazone groups is 1. The summed E-state index contributed by atoms with van der Waals surface area (Å²) >= 11 is 0. The Morgan fingerprint density at radius 2 is 1.26 bits per heavy atom. The Hall–Kier alpha value is -0.790. The van der Waals surface area contributed by atoms with Crippen LogP contribution < -0.4 is 0 Å². The zero-order valence-corrected chi connectivity index (χ0v) is 15.5. The standard InChI is InChI=1S/C21H38N2/c1-23-19-15-11-7-6-10-14-18-21(22-23)20-16-12-8-4-2-3-5-9-13-17-20/h16H,2-15,17-19H2,1H3/b20-16+,22-21+. The van der Waals surface area contributed by atoms with Gasteiger partial charge in [-0.1, -0.05) is 63.9 Å². The van der Waals surface area contributed by atoms with Crippen molar-refractivity contribution in [1.82, 2.24) is 5.01 Å². The van der Waals surface area contributed by atoms with Gasteiger partial charge in [0, 0.05) is 13.6 Å². The van der Waals surface area contributed by atoms with Gasteiger partial charge in [-0.05, 0) is 50.5 Å². The van der Waals surface area contributed by atoms with Gasteiger partial charge in [0.2, 0.25) is 0 Å². The van der Waals surface area contributed by atoms with Crippen LogP contribution >= 0.6 is 0 Å². The highest BCUT2D eigenvalue weighted by molar-refractivity contribution is 5.99. The predicted molar refractivity (Wildman–Crippen MR) is 102 cm³/mol. The highest BCUT2D eigenvalue weighted by atomic mass is 15.4. The Kier molecular flexibility index (Phi) is 9.44. The van der Waals surface area contributed by atoms with Crippen LogP contribution in [0.5, 0.6) is 0 Å². The van der Waals surface area contributed by atoms with Gasteiger partial charge < -0.3 is 0 Å². The number of hydrogen-bond donors (Lipinski definition) is 0. The second-order valence-electron chi connectivity index (χ2n) is 7.54. The van der Waals surface area contributed by atoms with Crippen molar-refractivity contribution in [3.05, 3.63) is 11.6 Å². The summed E-state index contributed by atoms with van der Waals surface area (Å²) in [6, 6.07) is 0. The molecule has 1 aliphatic heterocycles. The molecular weight excluding hydrogens is 280 g/mol. The lowest BCUT2D eigenvalue weighted by molar-refractivity contribution is 0.342. The maximum Gasteiger partial charge on any atom is 0.0634 e. The monoisotopic (exact) mass is 318 g/mol. The van der Waals surface area contributed by atoms with E-state index in [-0.39, 0.29) is 0 Å². The van der Waals surface area contributed by atoms with E-state index in [1.54, 1.807) is 5.57 Å². The molecule has 2 nitrogen and oxygen atoms in total. The SMILES string of the molecule is CN1CCCCCCCCC(/C2=C/CCCCCCCCC2)=N\1. The highest BCUT2D eigenvalue weighted by Gasteiger charge is 2.11. The molecule has 0 amide bonds. The largest absolute Gasteiger partial charge is 0.300 e. The van der Waals surface area contributed by atoms with Crippen molar-refractivity contribution in [2.75, 3.05) is 13.6 Å². The van der Waals surface area contributed by atoms with Gasteiger partial charge in [0.05, 0.1) is 5.71 Å². The number of rotatable bonds is 1. The summed E-state index contributed by atoms with van der Waals surface area (Å²) < 4.78 is 0. The quantitative estimate of drug-likeness (QED) is 0.541. The van der Waals surface area contributed by atoms with E-state index in [4.69, 9.17) is 5.10 Å². The van der Waals surface area contributed by atoms with Gasteiger partial charge >= 0.3 is 0 Å². The van der Waals surface area contributed by atoms with E-state index < -0.39 is 0 Å². The Labute approximate surface area is 144 Å². The fourth-order valence-electron chi connectivity index (χ4n) is 3.86. The van der Waals surface area contributed by atoms with E-state index in [1.165, 1.54) is 108 Å². The molecule has 0 radical (unpaired) electrons. The molecule has 0 bridgehead atoms. The molecule has 2 rings (SSSR count). The van der Waals surface area contributed by atoms with E-state index in [9.17, 15) is 0 Å². The smallest absolute Gasteiger partial charge is 0.0634 e. The number of nitrogens with zero attached hydrogens (tertiary/aromatic N) is 2. The van der Waals surface area contributed by atoms with Crippen LogP contribution in [0.2, 0.25) is 0 Å². The highest BCUT2D eigenvalue weighted by Crippen LogP contribution is 2.21. The molecule has 0 aromatic carbocycles. The zero-order valence-electron chi connectivity index (χ0n) is 15.5. The summed E-state index contributed by atoms with van der Waals surface area (Å²) in [6.07, 6.45) is 24.3. The van der Waals surface area contributed by atoms with Crippen LogP contribution in [0.1, 0.15) is 103 Å². The van der Waals surface area contributed by atoms with Gasteiger partial charge in [-0.25, -0.2) is 0 Å². The minimum atomic E-state index is 1.12. The maximum absolute atomic E-state index is 5.03. The summed E-state index contributed by atoms with van der Waals surface area (Å²) in [5.41, 5.74) is 2.99. The van der Waals surface area contributed by atoms with Crippen molar-refractivity contribution < 1.29 is 0 Å². The van der Waals surface area contributed by atoms with E-state index in [1.807, 2.05) is 0 Å². The zero-order chi connectivity index (χ0) is 16.2. The van der Waals surface area contributed by atoms with Crippen molar-refractivity contribution >= 4 is 5.71 Å². The molecule has 0 saturated carbocycles. The van der Waals surface area contributed by atoms with E-state index in [0.29, 0.717) is 0 Å². The molecule has 0 spiro atoms. The average molecular weight is 319 g/mol. The molecule has 1 heterocycles. The van der Waals surface area contributed by atoms with Crippen LogP contribution in [0.25, 0.3) is 0 Å². The van der Waals surface area contributed by atoms with Gasteiger partial charge in [0.15, 0.2) is 0 Å². The third-order valence-corrected chi connectivity index (χ3v) is 5.35. The minimum Gasteiger partial charge on any atom is -0.300 e. The van der Waals surface area contributed by atoms with Gasteiger partial charge in [0.1, 0.15) is 0 Å². The summed E-state index contributed by atoms with van der Waals surface area (Å²) in [5, 5.41) is 7.25. The lowest BCUT2D eigenvalue weighted by atomic mass is 9.97. The topological polar surface area (TPSA) is 15.6 Å². The van der Waals surface area contributed by atoms with Crippen LogP contribution in [-0.4, -0.2) is 24.3 Å². The molecule has 0 unspecified atom stereocenters. The Bertz CT molecular complexity index is 370. The Morgan fingerprint density at radius 3 is 2.00 bits per heavy atom. The first-order valence-electron chi connectivity index (χ1n) is 10.3. The van der Waals surface area contributed by atoms with Gasteiger partial charge in [-0.15, -0.1) is 0 Å². The molecule has 132 valence electrons. The lowest BCUT2D eigenvalue weighted by Gasteiger charge is -2.17. The third kappa shape index (κ3) is 8.04. The molecular formula is C21H38N2. The number of allylic oxidation sites excluding steroid dienone is 2. The van der Waals surface area contributed by atoms with Gasteiger partial charge in [-0.3, -0.25) is 5.01 Å². The summed E-state index contributed by atoms with van der Waals surface area (Å²) in [6.45, 7) is 1.12. The second kappa shape index (κ2) is 11.7. The predicted octanol–water partition coefficient (Wildman–Crippen LogP) is 6.47. The molecule has 0 atom stereocenters. The molecule has 23 heavy (non-hydrogen) atoms. The Balaban J connectivity index is 2.04. The molecule has 0 N–H and O–H groups in total. The molecule has 0 fully saturated rings. The lowest BCUT2D eigenvalue weighted by Crippen LogP contribution is -2.17. The van der Waals surface area contributed by atoms with Crippen molar-refractivity contribution in [1.29, 1.82) is 0 Å². The van der Waals surface area contributed by atoms with Crippen molar-refractivity contribution in [3.8, 4) is 0 Å². The third-order valence-electron chi connectivity index (χ3n) is 5.35. The first-order valence-corrected chi connectivity index (χ1v) is 10.3. The first kappa shape index (κ1) is 18.5. The van der Waals surface area contributed by atoms with E-state index in [2.05, 4.69) is 18.1 Å².